The lowest BCUT2D eigenvalue weighted by atomic mass is 9.95. The summed E-state index contributed by atoms with van der Waals surface area (Å²) in [6, 6.07) is 10.1. The SMILES string of the molecule is Cn1nnnc1-c1cccc(NC(=O)C2CCN(C(=O)c3ccc(F)cc3F)CC2)c1. The van der Waals surface area contributed by atoms with Crippen molar-refractivity contribution in [3.05, 3.63) is 59.7 Å². The highest BCUT2D eigenvalue weighted by Gasteiger charge is 2.29. The predicted octanol–water partition coefficient (Wildman–Crippen LogP) is 2.65. The summed E-state index contributed by atoms with van der Waals surface area (Å²) in [5.41, 5.74) is 1.23. The fraction of sp³-hybridized carbons (Fsp3) is 0.286. The van der Waals surface area contributed by atoms with Gasteiger partial charge in [0.15, 0.2) is 5.82 Å². The van der Waals surface area contributed by atoms with Crippen LogP contribution in [0.25, 0.3) is 11.4 Å². The van der Waals surface area contributed by atoms with Crippen LogP contribution in [0.1, 0.15) is 23.2 Å². The Morgan fingerprint density at radius 1 is 1.10 bits per heavy atom. The van der Waals surface area contributed by atoms with Gasteiger partial charge in [0.1, 0.15) is 11.6 Å². The first-order chi connectivity index (χ1) is 14.9. The van der Waals surface area contributed by atoms with E-state index in [0.717, 1.165) is 17.7 Å². The molecule has 3 aromatic rings. The lowest BCUT2D eigenvalue weighted by Gasteiger charge is -2.31. The highest BCUT2D eigenvalue weighted by atomic mass is 19.1. The quantitative estimate of drug-likeness (QED) is 0.692. The van der Waals surface area contributed by atoms with E-state index in [9.17, 15) is 18.4 Å². The molecule has 0 radical (unpaired) electrons. The minimum Gasteiger partial charge on any atom is -0.339 e. The van der Waals surface area contributed by atoms with Crippen LogP contribution in [0.15, 0.2) is 42.5 Å². The number of nitrogens with one attached hydrogen (secondary N) is 1. The number of aryl methyl sites for hydroxylation is 1. The molecule has 0 saturated carbocycles. The Labute approximate surface area is 176 Å². The van der Waals surface area contributed by atoms with Crippen LogP contribution in [0.2, 0.25) is 0 Å². The van der Waals surface area contributed by atoms with Crippen LogP contribution in [0.3, 0.4) is 0 Å². The van der Waals surface area contributed by atoms with Crippen LogP contribution in [0, 0.1) is 17.6 Å². The number of tetrazole rings is 1. The summed E-state index contributed by atoms with van der Waals surface area (Å²) >= 11 is 0. The van der Waals surface area contributed by atoms with E-state index in [1.165, 1.54) is 9.58 Å². The highest BCUT2D eigenvalue weighted by molar-refractivity contribution is 5.95. The lowest BCUT2D eigenvalue weighted by molar-refractivity contribution is -0.121. The molecule has 1 fully saturated rings. The van der Waals surface area contributed by atoms with Gasteiger partial charge in [-0.15, -0.1) is 5.10 Å². The standard InChI is InChI=1S/C21H20F2N6O2/c1-28-19(25-26-27-28)14-3-2-4-16(11-14)24-20(30)13-7-9-29(10-8-13)21(31)17-6-5-15(22)12-18(17)23/h2-6,11-13H,7-10H2,1H3,(H,24,30). The zero-order valence-electron chi connectivity index (χ0n) is 16.8. The molecule has 2 amide bonds. The second-order valence-corrected chi connectivity index (χ2v) is 7.39. The molecule has 1 aliphatic rings. The maximum atomic E-state index is 13.9. The summed E-state index contributed by atoms with van der Waals surface area (Å²) in [4.78, 5) is 26.7. The third kappa shape index (κ3) is 4.42. The first-order valence-corrected chi connectivity index (χ1v) is 9.80. The van der Waals surface area contributed by atoms with Crippen LogP contribution in [0.4, 0.5) is 14.5 Å². The molecular formula is C21H20F2N6O2. The molecule has 1 aliphatic heterocycles. The van der Waals surface area contributed by atoms with Gasteiger partial charge in [-0.25, -0.2) is 13.5 Å². The molecule has 2 aromatic carbocycles. The molecule has 1 N–H and O–H groups in total. The summed E-state index contributed by atoms with van der Waals surface area (Å²) in [7, 11) is 1.73. The van der Waals surface area contributed by atoms with Gasteiger partial charge in [-0.2, -0.15) is 0 Å². The van der Waals surface area contributed by atoms with Gasteiger partial charge in [-0.1, -0.05) is 12.1 Å². The Morgan fingerprint density at radius 3 is 2.55 bits per heavy atom. The number of halogens is 2. The molecule has 2 heterocycles. The van der Waals surface area contributed by atoms with E-state index in [1.54, 1.807) is 25.2 Å². The number of amides is 2. The third-order valence-corrected chi connectivity index (χ3v) is 5.32. The molecule has 0 bridgehead atoms. The van der Waals surface area contributed by atoms with Crippen molar-refractivity contribution in [3.63, 3.8) is 0 Å². The number of anilines is 1. The largest absolute Gasteiger partial charge is 0.339 e. The van der Waals surface area contributed by atoms with Gasteiger partial charge in [0.2, 0.25) is 5.91 Å². The smallest absolute Gasteiger partial charge is 0.256 e. The Hall–Kier alpha value is -3.69. The van der Waals surface area contributed by atoms with Gasteiger partial charge in [-0.3, -0.25) is 9.59 Å². The predicted molar refractivity (Wildman–Crippen MR) is 108 cm³/mol. The first-order valence-electron chi connectivity index (χ1n) is 9.80. The van der Waals surface area contributed by atoms with Crippen LogP contribution in [0.5, 0.6) is 0 Å². The van der Waals surface area contributed by atoms with Gasteiger partial charge in [0.05, 0.1) is 5.56 Å². The highest BCUT2D eigenvalue weighted by Crippen LogP contribution is 2.24. The summed E-state index contributed by atoms with van der Waals surface area (Å²) in [5, 5.41) is 14.3. The number of rotatable bonds is 4. The summed E-state index contributed by atoms with van der Waals surface area (Å²) in [6.07, 6.45) is 0.903. The van der Waals surface area contributed by atoms with E-state index in [4.69, 9.17) is 0 Å². The van der Waals surface area contributed by atoms with Crippen molar-refractivity contribution in [1.29, 1.82) is 0 Å². The van der Waals surface area contributed by atoms with Crippen LogP contribution in [-0.4, -0.2) is 50.0 Å². The van der Waals surface area contributed by atoms with Crippen molar-refractivity contribution >= 4 is 17.5 Å². The van der Waals surface area contributed by atoms with Crippen LogP contribution < -0.4 is 5.32 Å². The minimum atomic E-state index is -0.886. The lowest BCUT2D eigenvalue weighted by Crippen LogP contribution is -2.41. The zero-order valence-corrected chi connectivity index (χ0v) is 16.8. The van der Waals surface area contributed by atoms with Gasteiger partial charge >= 0.3 is 0 Å². The Kier molecular flexibility index (Phi) is 5.70. The molecule has 0 unspecified atom stereocenters. The fourth-order valence-electron chi connectivity index (χ4n) is 3.63. The number of aromatic nitrogens is 4. The van der Waals surface area contributed by atoms with E-state index in [1.807, 2.05) is 6.07 Å². The Balaban J connectivity index is 1.37. The second kappa shape index (κ2) is 8.58. The van der Waals surface area contributed by atoms with Crippen LogP contribution in [-0.2, 0) is 11.8 Å². The maximum Gasteiger partial charge on any atom is 0.256 e. The molecule has 1 saturated heterocycles. The molecule has 8 nitrogen and oxygen atoms in total. The molecule has 160 valence electrons. The zero-order chi connectivity index (χ0) is 22.0. The van der Waals surface area contributed by atoms with E-state index < -0.39 is 17.5 Å². The molecule has 1 aromatic heterocycles. The topological polar surface area (TPSA) is 93.0 Å². The number of carbonyl (C=O) groups excluding carboxylic acids is 2. The molecule has 10 heteroatoms. The number of hydrogen-bond donors (Lipinski definition) is 1. The van der Waals surface area contributed by atoms with Crippen molar-refractivity contribution in [1.82, 2.24) is 25.1 Å². The summed E-state index contributed by atoms with van der Waals surface area (Å²) < 4.78 is 28.5. The average Bonchev–Trinajstić information content (AvgIpc) is 3.19. The van der Waals surface area contributed by atoms with Gasteiger partial charge in [0, 0.05) is 43.4 Å². The number of nitrogens with zero attached hydrogens (tertiary/aromatic N) is 5. The minimum absolute atomic E-state index is 0.145. The van der Waals surface area contributed by atoms with Crippen molar-refractivity contribution in [3.8, 4) is 11.4 Å². The second-order valence-electron chi connectivity index (χ2n) is 7.39. The molecule has 0 spiro atoms. The van der Waals surface area contributed by atoms with Gasteiger partial charge in [-0.05, 0) is 47.5 Å². The normalized spacial score (nSPS) is 14.5. The molecule has 4 rings (SSSR count). The molecule has 31 heavy (non-hydrogen) atoms. The summed E-state index contributed by atoms with van der Waals surface area (Å²) in [6.45, 7) is 0.636. The van der Waals surface area contributed by atoms with Crippen molar-refractivity contribution in [2.75, 3.05) is 18.4 Å². The summed E-state index contributed by atoms with van der Waals surface area (Å²) in [5.74, 6) is -1.96. The van der Waals surface area contributed by atoms with Crippen molar-refractivity contribution in [2.24, 2.45) is 13.0 Å². The number of carbonyl (C=O) groups is 2. The van der Waals surface area contributed by atoms with Crippen molar-refractivity contribution in [2.45, 2.75) is 12.8 Å². The van der Waals surface area contributed by atoms with E-state index in [0.29, 0.717) is 43.5 Å². The number of likely N-dealkylation sites (tertiary alicyclic amines) is 1. The Morgan fingerprint density at radius 2 is 1.87 bits per heavy atom. The van der Waals surface area contributed by atoms with Crippen LogP contribution >= 0.6 is 0 Å². The molecular weight excluding hydrogens is 406 g/mol. The maximum absolute atomic E-state index is 13.9. The van der Waals surface area contributed by atoms with E-state index >= 15 is 0 Å². The monoisotopic (exact) mass is 426 g/mol. The first kappa shape index (κ1) is 20.6. The average molecular weight is 426 g/mol. The number of benzene rings is 2. The van der Waals surface area contributed by atoms with Gasteiger partial charge in [0.25, 0.3) is 5.91 Å². The van der Waals surface area contributed by atoms with Crippen molar-refractivity contribution < 1.29 is 18.4 Å². The van der Waals surface area contributed by atoms with E-state index in [-0.39, 0.29) is 17.4 Å². The molecule has 0 aliphatic carbocycles. The number of hydrogen-bond acceptors (Lipinski definition) is 5. The van der Waals surface area contributed by atoms with Gasteiger partial charge < -0.3 is 10.2 Å². The third-order valence-electron chi connectivity index (χ3n) is 5.32. The van der Waals surface area contributed by atoms with E-state index in [2.05, 4.69) is 20.8 Å². The fourth-order valence-corrected chi connectivity index (χ4v) is 3.63. The Bertz CT molecular complexity index is 1120. The molecule has 0 atom stereocenters. The number of piperidine rings is 1.